The second-order valence-electron chi connectivity index (χ2n) is 6.85. The number of nitrogens with zero attached hydrogens (tertiary/aromatic N) is 1. The van der Waals surface area contributed by atoms with Crippen LogP contribution in [0, 0.1) is 6.92 Å². The first-order valence-electron chi connectivity index (χ1n) is 9.63. The number of rotatable bonds is 5. The van der Waals surface area contributed by atoms with Gasteiger partial charge in [0.1, 0.15) is 5.75 Å². The predicted octanol–water partition coefficient (Wildman–Crippen LogP) is 4.35. The molecule has 0 saturated heterocycles. The number of ether oxygens (including phenoxy) is 1. The second-order valence-corrected chi connectivity index (χ2v) is 7.29. The molecule has 0 aromatic heterocycles. The van der Waals surface area contributed by atoms with Crippen molar-refractivity contribution in [3.8, 4) is 5.75 Å². The van der Waals surface area contributed by atoms with Crippen molar-refractivity contribution in [1.82, 2.24) is 5.43 Å². The molecule has 0 fully saturated rings. The summed E-state index contributed by atoms with van der Waals surface area (Å²) in [5, 5.41) is 6.92. The molecule has 0 aliphatic rings. The van der Waals surface area contributed by atoms with Crippen molar-refractivity contribution >= 4 is 40.8 Å². The first kappa shape index (κ1) is 22.7. The van der Waals surface area contributed by atoms with Gasteiger partial charge in [0, 0.05) is 16.3 Å². The van der Waals surface area contributed by atoms with E-state index in [0.29, 0.717) is 27.5 Å². The average Bonchev–Trinajstić information content (AvgIpc) is 2.79. The zero-order chi connectivity index (χ0) is 23.1. The van der Waals surface area contributed by atoms with Crippen LogP contribution in [0.5, 0.6) is 5.75 Å². The first-order chi connectivity index (χ1) is 15.3. The first-order valence-corrected chi connectivity index (χ1v) is 10.0. The SMILES string of the molecule is C/C(=N\NC(=O)C(=O)Nc1ccc(Cl)cc1)c1ccccc1OC(=O)c1cccc(C)c1. The van der Waals surface area contributed by atoms with E-state index in [4.69, 9.17) is 16.3 Å². The fraction of sp³-hybridized carbons (Fsp3) is 0.0833. The van der Waals surface area contributed by atoms with Crippen LogP contribution in [0.1, 0.15) is 28.4 Å². The minimum atomic E-state index is -0.950. The van der Waals surface area contributed by atoms with Gasteiger partial charge in [-0.2, -0.15) is 5.10 Å². The monoisotopic (exact) mass is 449 g/mol. The van der Waals surface area contributed by atoms with Gasteiger partial charge in [0.2, 0.25) is 0 Å². The number of nitrogens with one attached hydrogen (secondary N) is 2. The molecule has 2 amide bonds. The Bertz CT molecular complexity index is 1190. The lowest BCUT2D eigenvalue weighted by Crippen LogP contribution is -2.33. The summed E-state index contributed by atoms with van der Waals surface area (Å²) in [5.41, 5.74) is 4.82. The van der Waals surface area contributed by atoms with Crippen molar-refractivity contribution in [2.75, 3.05) is 5.32 Å². The van der Waals surface area contributed by atoms with Crippen LogP contribution in [0.4, 0.5) is 5.69 Å². The Morgan fingerprint density at radius 2 is 1.62 bits per heavy atom. The molecule has 0 spiro atoms. The van der Waals surface area contributed by atoms with Gasteiger partial charge in [-0.1, -0.05) is 41.4 Å². The van der Waals surface area contributed by atoms with Crippen LogP contribution in [-0.2, 0) is 9.59 Å². The quantitative estimate of drug-likeness (QED) is 0.199. The van der Waals surface area contributed by atoms with Gasteiger partial charge >= 0.3 is 17.8 Å². The standard InChI is InChI=1S/C24H20ClN3O4/c1-15-6-5-7-17(14-15)24(31)32-21-9-4-3-8-20(21)16(2)27-28-23(30)22(29)26-19-12-10-18(25)11-13-19/h3-14H,1-2H3,(H,26,29)(H,28,30)/b27-16+. The van der Waals surface area contributed by atoms with Crippen molar-refractivity contribution in [2.24, 2.45) is 5.10 Å². The maximum Gasteiger partial charge on any atom is 0.343 e. The Kier molecular flexibility index (Phi) is 7.36. The number of hydrogen-bond acceptors (Lipinski definition) is 5. The summed E-state index contributed by atoms with van der Waals surface area (Å²) in [6, 6.07) is 20.1. The molecule has 0 saturated carbocycles. The molecule has 8 heteroatoms. The molecule has 2 N–H and O–H groups in total. The summed E-state index contributed by atoms with van der Waals surface area (Å²) in [7, 11) is 0. The smallest absolute Gasteiger partial charge is 0.343 e. The van der Waals surface area contributed by atoms with Crippen LogP contribution in [-0.4, -0.2) is 23.5 Å². The number of benzene rings is 3. The summed E-state index contributed by atoms with van der Waals surface area (Å²) < 4.78 is 5.53. The molecule has 3 aromatic carbocycles. The maximum atomic E-state index is 12.5. The van der Waals surface area contributed by atoms with E-state index >= 15 is 0 Å². The second kappa shape index (κ2) is 10.4. The predicted molar refractivity (Wildman–Crippen MR) is 123 cm³/mol. The van der Waals surface area contributed by atoms with E-state index in [1.807, 2.05) is 13.0 Å². The summed E-state index contributed by atoms with van der Waals surface area (Å²) in [4.78, 5) is 36.6. The molecule has 0 unspecified atom stereocenters. The molecule has 7 nitrogen and oxygen atoms in total. The number of hydrogen-bond donors (Lipinski definition) is 2. The molecular weight excluding hydrogens is 430 g/mol. The molecule has 3 rings (SSSR count). The third-order valence-corrected chi connectivity index (χ3v) is 4.62. The van der Waals surface area contributed by atoms with Crippen molar-refractivity contribution in [2.45, 2.75) is 13.8 Å². The number of aryl methyl sites for hydroxylation is 1. The van der Waals surface area contributed by atoms with Crippen LogP contribution < -0.4 is 15.5 Å². The Morgan fingerprint density at radius 3 is 2.34 bits per heavy atom. The number of esters is 1. The molecular formula is C24H20ClN3O4. The molecule has 3 aromatic rings. The number of halogens is 1. The van der Waals surface area contributed by atoms with E-state index in [2.05, 4.69) is 15.8 Å². The number of anilines is 1. The molecule has 32 heavy (non-hydrogen) atoms. The highest BCUT2D eigenvalue weighted by Crippen LogP contribution is 2.20. The molecule has 0 aliphatic heterocycles. The third kappa shape index (κ3) is 6.02. The highest BCUT2D eigenvalue weighted by molar-refractivity contribution is 6.39. The van der Waals surface area contributed by atoms with Gasteiger partial charge in [-0.3, -0.25) is 9.59 Å². The number of hydrazone groups is 1. The van der Waals surface area contributed by atoms with Gasteiger partial charge in [0.05, 0.1) is 11.3 Å². The van der Waals surface area contributed by atoms with Crippen molar-refractivity contribution in [3.63, 3.8) is 0 Å². The highest BCUT2D eigenvalue weighted by Gasteiger charge is 2.16. The van der Waals surface area contributed by atoms with Crippen LogP contribution in [0.25, 0.3) is 0 Å². The molecule has 0 radical (unpaired) electrons. The van der Waals surface area contributed by atoms with Crippen molar-refractivity contribution < 1.29 is 19.1 Å². The number of para-hydroxylation sites is 1. The number of amides is 2. The fourth-order valence-electron chi connectivity index (χ4n) is 2.75. The van der Waals surface area contributed by atoms with Crippen molar-refractivity contribution in [1.29, 1.82) is 0 Å². The molecule has 0 aliphatic carbocycles. The lowest BCUT2D eigenvalue weighted by atomic mass is 10.1. The molecule has 0 atom stereocenters. The molecule has 0 heterocycles. The third-order valence-electron chi connectivity index (χ3n) is 4.37. The van der Waals surface area contributed by atoms with Crippen LogP contribution in [0.15, 0.2) is 77.9 Å². The lowest BCUT2D eigenvalue weighted by molar-refractivity contribution is -0.136. The summed E-state index contributed by atoms with van der Waals surface area (Å²) in [6.45, 7) is 3.50. The maximum absolute atomic E-state index is 12.5. The Morgan fingerprint density at radius 1 is 0.906 bits per heavy atom. The summed E-state index contributed by atoms with van der Waals surface area (Å²) in [6.07, 6.45) is 0. The average molecular weight is 450 g/mol. The van der Waals surface area contributed by atoms with Gasteiger partial charge in [-0.25, -0.2) is 10.2 Å². The summed E-state index contributed by atoms with van der Waals surface area (Å²) >= 11 is 5.80. The van der Waals surface area contributed by atoms with Crippen molar-refractivity contribution in [3.05, 3.63) is 94.5 Å². The van der Waals surface area contributed by atoms with Gasteiger partial charge in [0.25, 0.3) is 0 Å². The lowest BCUT2D eigenvalue weighted by Gasteiger charge is -2.10. The summed E-state index contributed by atoms with van der Waals surface area (Å²) in [5.74, 6) is -2.07. The van der Waals surface area contributed by atoms with Gasteiger partial charge in [0.15, 0.2) is 0 Å². The van der Waals surface area contributed by atoms with Crippen LogP contribution in [0.2, 0.25) is 5.02 Å². The Labute approximate surface area is 190 Å². The van der Waals surface area contributed by atoms with Crippen LogP contribution in [0.3, 0.4) is 0 Å². The van der Waals surface area contributed by atoms with E-state index in [9.17, 15) is 14.4 Å². The van der Waals surface area contributed by atoms with Gasteiger partial charge in [-0.15, -0.1) is 0 Å². The van der Waals surface area contributed by atoms with Gasteiger partial charge < -0.3 is 10.1 Å². The Hall–Kier alpha value is -3.97. The van der Waals surface area contributed by atoms with Crippen LogP contribution >= 0.6 is 11.6 Å². The number of carbonyl (C=O) groups excluding carboxylic acids is 3. The normalized spacial score (nSPS) is 10.9. The highest BCUT2D eigenvalue weighted by atomic mass is 35.5. The minimum absolute atomic E-state index is 0.278. The Balaban J connectivity index is 1.68. The zero-order valence-corrected chi connectivity index (χ0v) is 18.1. The van der Waals surface area contributed by atoms with E-state index in [1.54, 1.807) is 73.7 Å². The minimum Gasteiger partial charge on any atom is -0.422 e. The van der Waals surface area contributed by atoms with E-state index in [-0.39, 0.29) is 5.75 Å². The van der Waals surface area contributed by atoms with E-state index in [0.717, 1.165) is 5.56 Å². The van der Waals surface area contributed by atoms with E-state index in [1.165, 1.54) is 0 Å². The molecule has 162 valence electrons. The fourth-order valence-corrected chi connectivity index (χ4v) is 2.88. The molecule has 0 bridgehead atoms. The zero-order valence-electron chi connectivity index (χ0n) is 17.4. The van der Waals surface area contributed by atoms with Gasteiger partial charge in [-0.05, 0) is 62.4 Å². The van der Waals surface area contributed by atoms with E-state index < -0.39 is 17.8 Å². The number of carbonyl (C=O) groups is 3. The largest absolute Gasteiger partial charge is 0.422 e. The topological polar surface area (TPSA) is 96.9 Å².